The molecule has 0 unspecified atom stereocenters. The van der Waals surface area contributed by atoms with Gasteiger partial charge in [-0.2, -0.15) is 5.26 Å². The second kappa shape index (κ2) is 39.5. The normalized spacial score (nSPS) is 16.0. The summed E-state index contributed by atoms with van der Waals surface area (Å²) in [4.78, 5) is 146. The van der Waals surface area contributed by atoms with Gasteiger partial charge in [0.25, 0.3) is 16.4 Å². The summed E-state index contributed by atoms with van der Waals surface area (Å²) in [5, 5.41) is 57.7. The predicted molar refractivity (Wildman–Crippen MR) is 457 cm³/mol. The van der Waals surface area contributed by atoms with Gasteiger partial charge in [0, 0.05) is 81.0 Å². The Labute approximate surface area is 724 Å². The van der Waals surface area contributed by atoms with Crippen LogP contribution < -0.4 is 46.7 Å². The topological polar surface area (TPSA) is 480 Å². The Morgan fingerprint density at radius 3 is 1.83 bits per heavy atom. The fraction of sp³-hybridized carbons (Fsp3) is 0.511. The molecule has 34 nitrogen and oxygen atoms in total. The van der Waals surface area contributed by atoms with Crippen molar-refractivity contribution in [1.82, 2.24) is 66.4 Å². The summed E-state index contributed by atoms with van der Waals surface area (Å²) in [5.74, 6) is -10.4. The number of nitrogens with one attached hydrogen (secondary N) is 9. The number of aromatic nitrogens is 4. The summed E-state index contributed by atoms with van der Waals surface area (Å²) in [7, 11) is -4.43. The first-order chi connectivity index (χ1) is 58.5. The van der Waals surface area contributed by atoms with E-state index >= 15 is 0 Å². The molecule has 6 heterocycles. The number of carboxylic acid groups (broad SMARTS) is 1. The van der Waals surface area contributed by atoms with Gasteiger partial charge in [0.1, 0.15) is 69.4 Å². The lowest BCUT2D eigenvalue weighted by Crippen LogP contribution is -2.58. The van der Waals surface area contributed by atoms with Crippen molar-refractivity contribution < 1.29 is 93.9 Å². The Hall–Kier alpha value is -11.9. The van der Waals surface area contributed by atoms with E-state index in [1.807, 2.05) is 70.2 Å². The number of benzene rings is 4. The zero-order chi connectivity index (χ0) is 91.7. The molecule has 0 aliphatic carbocycles. The molecule has 0 bridgehead atoms. The number of oxazole rings is 1. The lowest BCUT2D eigenvalue weighted by molar-refractivity contribution is -0.159. The lowest BCUT2D eigenvalue weighted by atomic mass is 9.93. The molecule has 4 aromatic carbocycles. The molecule has 7 aromatic rings. The molecular formula is C88H112F2N16O18S. The van der Waals surface area contributed by atoms with Gasteiger partial charge >= 0.3 is 23.9 Å². The second-order valence-corrected chi connectivity index (χ2v) is 37.1. The molecule has 2 fully saturated rings. The van der Waals surface area contributed by atoms with Crippen LogP contribution in [0.1, 0.15) is 196 Å². The molecule has 2 saturated heterocycles. The van der Waals surface area contributed by atoms with Crippen molar-refractivity contribution in [3.8, 4) is 34.4 Å². The third-order valence-corrected chi connectivity index (χ3v) is 22.9. The maximum atomic E-state index is 14.8. The molecule has 672 valence electrons. The number of aliphatic carboxylic acids is 1. The van der Waals surface area contributed by atoms with Crippen LogP contribution in [0.5, 0.6) is 5.75 Å². The van der Waals surface area contributed by atoms with E-state index in [0.29, 0.717) is 115 Å². The quantitative estimate of drug-likeness (QED) is 0.00600. The number of halogens is 2. The minimum Gasteiger partial charge on any atom is -0.487 e. The van der Waals surface area contributed by atoms with E-state index in [2.05, 4.69) is 72.8 Å². The number of anilines is 2. The monoisotopic (exact) mass is 1750 g/mol. The number of esters is 3. The highest BCUT2D eigenvalue weighted by molar-refractivity contribution is 7.90. The van der Waals surface area contributed by atoms with Gasteiger partial charge in [0.05, 0.1) is 41.3 Å². The molecule has 0 radical (unpaired) electrons. The van der Waals surface area contributed by atoms with Crippen molar-refractivity contribution in [1.29, 1.82) is 10.7 Å². The Morgan fingerprint density at radius 1 is 0.672 bits per heavy atom. The number of alkyl halides is 2. The minimum absolute atomic E-state index is 0.0491. The van der Waals surface area contributed by atoms with Crippen molar-refractivity contribution in [2.45, 2.75) is 252 Å². The molecule has 0 saturated carbocycles. The number of hydrogen-bond donors (Lipinski definition) is 11. The highest BCUT2D eigenvalue weighted by Gasteiger charge is 2.40. The molecule has 11 N–H and O–H groups in total. The molecule has 5 amide bonds. The number of fused-ring (bicyclic) bond motifs is 3. The number of aliphatic hydroxyl groups excluding tert-OH is 1. The Balaban J connectivity index is 0.787. The number of nitrogens with zero attached hydrogens (tertiary/aromatic N) is 7. The number of nitriles is 1. The number of rotatable bonds is 33. The molecule has 10 rings (SSSR count). The molecule has 125 heavy (non-hydrogen) atoms. The fourth-order valence-electron chi connectivity index (χ4n) is 15.4. The van der Waals surface area contributed by atoms with Crippen LogP contribution in [0.2, 0.25) is 0 Å². The van der Waals surface area contributed by atoms with E-state index in [4.69, 9.17) is 33.8 Å². The molecular weight excluding hydrogens is 1640 g/mol. The Morgan fingerprint density at radius 2 is 1.23 bits per heavy atom. The van der Waals surface area contributed by atoms with Crippen molar-refractivity contribution in [2.24, 2.45) is 5.92 Å². The summed E-state index contributed by atoms with van der Waals surface area (Å²) >= 11 is 0. The summed E-state index contributed by atoms with van der Waals surface area (Å²) < 4.78 is 88.0. The van der Waals surface area contributed by atoms with Crippen molar-refractivity contribution >= 4 is 103 Å². The smallest absolute Gasteiger partial charge is 0.326 e. The summed E-state index contributed by atoms with van der Waals surface area (Å²) in [6.45, 7) is 29.0. The largest absolute Gasteiger partial charge is 0.487 e. The summed E-state index contributed by atoms with van der Waals surface area (Å²) in [6.07, 6.45) is -3.47. The average Bonchev–Trinajstić information content (AvgIpc) is 1.62. The van der Waals surface area contributed by atoms with Crippen molar-refractivity contribution in [3.63, 3.8) is 0 Å². The van der Waals surface area contributed by atoms with E-state index in [1.54, 1.807) is 59.9 Å². The van der Waals surface area contributed by atoms with Crippen LogP contribution in [0.4, 0.5) is 20.3 Å². The van der Waals surface area contributed by atoms with Gasteiger partial charge < -0.3 is 70.8 Å². The molecule has 37 heteroatoms. The zero-order valence-electron chi connectivity index (χ0n) is 73.3. The Bertz CT molecular complexity index is 5470. The number of carboxylic acids is 1. The highest BCUT2D eigenvalue weighted by Crippen LogP contribution is 2.45. The van der Waals surface area contributed by atoms with Gasteiger partial charge in [-0.25, -0.2) is 41.7 Å². The van der Waals surface area contributed by atoms with E-state index in [-0.39, 0.29) is 58.7 Å². The summed E-state index contributed by atoms with van der Waals surface area (Å²) in [5.41, 5.74) is 5.75. The molecule has 3 aliphatic heterocycles. The maximum absolute atomic E-state index is 14.8. The third kappa shape index (κ3) is 25.5. The number of ether oxygens (including phenoxy) is 4. The van der Waals surface area contributed by atoms with Crippen LogP contribution in [-0.4, -0.2) is 200 Å². The standard InChI is InChI=1S/C88H112F2N16O18S/c1-46-47(2)74(50(5)59-40-88(15,16)124-72(46)59)125(118,119)104-84(92)94-29-19-24-61(79(113)100-65(38-69(110)122-86(9,10)11)81(115)101-66(83(116)117)39-70(111)123-87(12,13)14)99-80(114)64(37-68(109)121-85(6,7)8)96-67(108)25-30-93-78(112)53-26-31-105(32-27-53)43-51-34-54(41-91)73-63(35-51)102-82(120-73)58-22-17-20-56(48(58)3)57-21-18-23-60(49(57)4)97-76-71-62(98-77(103-76)75(89)90)36-52(42-95-71)44-106-33-28-55(107)45-106/h17-18,20-23,34-36,42,53,55,61,64-66,75,107H,19,24-33,37-40,43-45H2,1-16H3,(H,93,112)(H,96,108)(H,99,114)(H,100,113)(H,101,115)(H,116,117)(H3,92,94,104)(H,97,98,103)/t55-,61+,64+,65+,66+/m1/s1. The van der Waals surface area contributed by atoms with Crippen LogP contribution >= 0.6 is 0 Å². The van der Waals surface area contributed by atoms with Crippen molar-refractivity contribution in [3.05, 3.63) is 117 Å². The number of aliphatic hydroxyl groups is 1. The minimum atomic E-state index is -4.43. The van der Waals surface area contributed by atoms with Gasteiger partial charge in [-0.1, -0.05) is 24.3 Å². The molecule has 3 aliphatic rings. The van der Waals surface area contributed by atoms with Crippen LogP contribution in [-0.2, 0) is 86.9 Å². The number of carbonyl (C=O) groups is 9. The molecule has 0 spiro atoms. The van der Waals surface area contributed by atoms with Crippen molar-refractivity contribution in [2.75, 3.05) is 44.6 Å². The molecule has 3 aromatic heterocycles. The number of likely N-dealkylation sites (tertiary alicyclic amines) is 2. The average molecular weight is 1750 g/mol. The highest BCUT2D eigenvalue weighted by atomic mass is 32.2. The fourth-order valence-corrected chi connectivity index (χ4v) is 16.9. The number of β-amino-alcohol motifs (C(OH)–C–C–N with tert-alkyl or cyclic N) is 1. The maximum Gasteiger partial charge on any atom is 0.326 e. The van der Waals surface area contributed by atoms with E-state index in [0.717, 1.165) is 33.4 Å². The van der Waals surface area contributed by atoms with Gasteiger partial charge in [0.15, 0.2) is 17.2 Å². The van der Waals surface area contributed by atoms with Gasteiger partial charge in [-0.05, 0) is 236 Å². The summed E-state index contributed by atoms with van der Waals surface area (Å²) in [6, 6.07) is 11.4. The number of sulfonamides is 1. The van der Waals surface area contributed by atoms with Gasteiger partial charge in [0.2, 0.25) is 41.4 Å². The number of carbonyl (C=O) groups excluding carboxylic acids is 8. The third-order valence-electron chi connectivity index (χ3n) is 21.3. The number of piperidine rings is 1. The number of pyridine rings is 1. The van der Waals surface area contributed by atoms with Crippen LogP contribution in [0, 0.1) is 57.3 Å². The van der Waals surface area contributed by atoms with Crippen LogP contribution in [0.25, 0.3) is 44.7 Å². The van der Waals surface area contributed by atoms with E-state index in [9.17, 15) is 75.8 Å². The number of amides is 5. The SMILES string of the molecule is Cc1c(Nc2nc(C(F)F)nc3cc(CN4CC[C@@H](O)C4)cnc23)cccc1-c1cccc(-c2nc3cc(CN4CCC(C(=O)NCCC(=O)N[C@@H](CC(=O)OC(C)(C)C)C(=O)N[C@@H](CCCNC(=N)NS(=O)(=O)c5c(C)c(C)c6c(c5C)CC(C)(C)O6)C(=O)N[C@@H](CC(=O)OC(C)(C)C)C(=O)N[C@@H](CC(=O)OC(C)(C)C)C(=O)O)CC4)cc(C#N)c3o2)c1C. The number of hydrogen-bond acceptors (Lipinski definition) is 26. The lowest BCUT2D eigenvalue weighted by Gasteiger charge is -2.31. The van der Waals surface area contributed by atoms with Gasteiger partial charge in [-0.15, -0.1) is 0 Å². The molecule has 5 atom stereocenters. The van der Waals surface area contributed by atoms with E-state index < -0.39 is 166 Å². The Kier molecular flexibility index (Phi) is 30.2. The zero-order valence-corrected chi connectivity index (χ0v) is 74.1. The first kappa shape index (κ1) is 95.4. The number of guanidine groups is 1. The predicted octanol–water partition coefficient (Wildman–Crippen LogP) is 9.10. The first-order valence-corrected chi connectivity index (χ1v) is 42.9. The second-order valence-electron chi connectivity index (χ2n) is 35.5. The van der Waals surface area contributed by atoms with Crippen LogP contribution in [0.15, 0.2) is 70.1 Å². The van der Waals surface area contributed by atoms with Crippen LogP contribution in [0.3, 0.4) is 0 Å². The van der Waals surface area contributed by atoms with Gasteiger partial charge in [-0.3, -0.25) is 58.5 Å². The first-order valence-electron chi connectivity index (χ1n) is 41.4. The van der Waals surface area contributed by atoms with E-state index in [1.165, 1.54) is 41.5 Å².